The lowest BCUT2D eigenvalue weighted by Gasteiger charge is -2.07. The number of oxime groups is 1. The van der Waals surface area contributed by atoms with E-state index >= 15 is 0 Å². The fraction of sp³-hybridized carbons (Fsp3) is 0.200. The van der Waals surface area contributed by atoms with Crippen molar-refractivity contribution in [2.24, 2.45) is 10.9 Å². The van der Waals surface area contributed by atoms with E-state index in [0.29, 0.717) is 5.75 Å². The molecule has 7 heteroatoms. The highest BCUT2D eigenvalue weighted by Gasteiger charge is 2.11. The molecule has 1 aromatic rings. The molecule has 0 radical (unpaired) electrons. The van der Waals surface area contributed by atoms with E-state index in [9.17, 15) is 9.90 Å². The number of amidine groups is 1. The van der Waals surface area contributed by atoms with Crippen molar-refractivity contribution in [3.8, 4) is 11.5 Å². The molecule has 1 amide bonds. The van der Waals surface area contributed by atoms with E-state index in [-0.39, 0.29) is 23.7 Å². The largest absolute Gasteiger partial charge is 0.507 e. The SMILES string of the molecule is COc1ccc(C(=O)NC/C(N)=N/O)c(O)c1. The minimum Gasteiger partial charge on any atom is -0.507 e. The molecule has 0 heterocycles. The van der Waals surface area contributed by atoms with Gasteiger partial charge in [0.05, 0.1) is 19.2 Å². The van der Waals surface area contributed by atoms with Gasteiger partial charge in [0, 0.05) is 6.07 Å². The molecular formula is C10H13N3O4. The standard InChI is InChI=1S/C10H13N3O4/c1-17-6-2-3-7(8(14)4-6)10(15)12-5-9(11)13-16/h2-4,14,16H,5H2,1H3,(H2,11,13)(H,12,15). The quantitative estimate of drug-likeness (QED) is 0.253. The van der Waals surface area contributed by atoms with Crippen LogP contribution < -0.4 is 15.8 Å². The lowest BCUT2D eigenvalue weighted by atomic mass is 10.2. The molecule has 92 valence electrons. The zero-order chi connectivity index (χ0) is 12.8. The number of benzene rings is 1. The summed E-state index contributed by atoms with van der Waals surface area (Å²) in [5, 5.41) is 22.9. The number of carbonyl (C=O) groups excluding carboxylic acids is 1. The summed E-state index contributed by atoms with van der Waals surface area (Å²) in [7, 11) is 1.45. The van der Waals surface area contributed by atoms with Crippen molar-refractivity contribution in [3.05, 3.63) is 23.8 Å². The first-order valence-electron chi connectivity index (χ1n) is 4.70. The molecule has 0 saturated heterocycles. The Bertz CT molecular complexity index is 445. The Morgan fingerprint density at radius 1 is 1.59 bits per heavy atom. The van der Waals surface area contributed by atoms with Crippen molar-refractivity contribution in [1.82, 2.24) is 5.32 Å². The molecule has 0 aromatic heterocycles. The van der Waals surface area contributed by atoms with Crippen LogP contribution in [0.4, 0.5) is 0 Å². The zero-order valence-corrected chi connectivity index (χ0v) is 9.17. The van der Waals surface area contributed by atoms with Crippen LogP contribution in [0.25, 0.3) is 0 Å². The van der Waals surface area contributed by atoms with Gasteiger partial charge in [-0.1, -0.05) is 5.16 Å². The summed E-state index contributed by atoms with van der Waals surface area (Å²) in [6.07, 6.45) is 0. The van der Waals surface area contributed by atoms with Crippen LogP contribution in [0.5, 0.6) is 11.5 Å². The Morgan fingerprint density at radius 3 is 2.82 bits per heavy atom. The second kappa shape index (κ2) is 5.59. The summed E-state index contributed by atoms with van der Waals surface area (Å²) in [5.41, 5.74) is 5.27. The zero-order valence-electron chi connectivity index (χ0n) is 9.17. The van der Waals surface area contributed by atoms with Gasteiger partial charge in [0.2, 0.25) is 0 Å². The number of ether oxygens (including phenoxy) is 1. The van der Waals surface area contributed by atoms with E-state index in [1.54, 1.807) is 0 Å². The number of phenols is 1. The minimum absolute atomic E-state index is 0.0801. The van der Waals surface area contributed by atoms with Crippen LogP contribution in [-0.4, -0.2) is 35.7 Å². The average Bonchev–Trinajstić information content (AvgIpc) is 2.35. The predicted octanol–water partition coefficient (Wildman–Crippen LogP) is -0.123. The molecule has 0 bridgehead atoms. The van der Waals surface area contributed by atoms with Gasteiger partial charge in [-0.05, 0) is 12.1 Å². The van der Waals surface area contributed by atoms with Crippen LogP contribution >= 0.6 is 0 Å². The molecule has 0 aliphatic rings. The van der Waals surface area contributed by atoms with Gasteiger partial charge in [-0.3, -0.25) is 4.79 Å². The van der Waals surface area contributed by atoms with Gasteiger partial charge >= 0.3 is 0 Å². The molecule has 0 aliphatic carbocycles. The fourth-order valence-corrected chi connectivity index (χ4v) is 1.13. The third-order valence-electron chi connectivity index (χ3n) is 2.01. The van der Waals surface area contributed by atoms with Gasteiger partial charge in [0.25, 0.3) is 5.91 Å². The third-order valence-corrected chi connectivity index (χ3v) is 2.01. The Balaban J connectivity index is 2.76. The number of hydrogen-bond acceptors (Lipinski definition) is 5. The number of aromatic hydroxyl groups is 1. The van der Waals surface area contributed by atoms with Crippen molar-refractivity contribution in [3.63, 3.8) is 0 Å². The van der Waals surface area contributed by atoms with Crippen LogP contribution in [0.3, 0.4) is 0 Å². The van der Waals surface area contributed by atoms with Gasteiger partial charge in [0.15, 0.2) is 5.84 Å². The lowest BCUT2D eigenvalue weighted by molar-refractivity contribution is 0.0956. The third kappa shape index (κ3) is 3.26. The highest BCUT2D eigenvalue weighted by atomic mass is 16.5. The number of carbonyl (C=O) groups is 1. The van der Waals surface area contributed by atoms with Crippen LogP contribution in [-0.2, 0) is 0 Å². The summed E-state index contributed by atoms with van der Waals surface area (Å²) in [6, 6.07) is 4.27. The first-order chi connectivity index (χ1) is 8.08. The number of phenolic OH excluding ortho intramolecular Hbond substituents is 1. The second-order valence-electron chi connectivity index (χ2n) is 3.16. The maximum atomic E-state index is 11.6. The molecule has 7 nitrogen and oxygen atoms in total. The highest BCUT2D eigenvalue weighted by Crippen LogP contribution is 2.22. The molecule has 0 saturated carbocycles. The molecule has 1 rings (SSSR count). The average molecular weight is 239 g/mol. The summed E-state index contributed by atoms with van der Waals surface area (Å²) < 4.78 is 4.88. The van der Waals surface area contributed by atoms with Crippen molar-refractivity contribution >= 4 is 11.7 Å². The Kier molecular flexibility index (Phi) is 4.15. The molecule has 0 spiro atoms. The van der Waals surface area contributed by atoms with E-state index < -0.39 is 5.91 Å². The van der Waals surface area contributed by atoms with Crippen LogP contribution in [0.2, 0.25) is 0 Å². The van der Waals surface area contributed by atoms with E-state index in [2.05, 4.69) is 10.5 Å². The van der Waals surface area contributed by atoms with Crippen molar-refractivity contribution < 1.29 is 19.8 Å². The number of nitrogens with two attached hydrogens (primary N) is 1. The number of rotatable bonds is 4. The maximum absolute atomic E-state index is 11.6. The first-order valence-corrected chi connectivity index (χ1v) is 4.70. The molecular weight excluding hydrogens is 226 g/mol. The summed E-state index contributed by atoms with van der Waals surface area (Å²) >= 11 is 0. The van der Waals surface area contributed by atoms with E-state index in [1.165, 1.54) is 25.3 Å². The van der Waals surface area contributed by atoms with E-state index in [0.717, 1.165) is 0 Å². The van der Waals surface area contributed by atoms with Crippen molar-refractivity contribution in [1.29, 1.82) is 0 Å². The van der Waals surface area contributed by atoms with Crippen LogP contribution in [0, 0.1) is 0 Å². The van der Waals surface area contributed by atoms with Gasteiger partial charge < -0.3 is 26.1 Å². The van der Waals surface area contributed by atoms with Crippen molar-refractivity contribution in [2.75, 3.05) is 13.7 Å². The normalized spacial score (nSPS) is 11.0. The van der Waals surface area contributed by atoms with E-state index in [4.69, 9.17) is 15.7 Å². The highest BCUT2D eigenvalue weighted by molar-refractivity contribution is 5.99. The van der Waals surface area contributed by atoms with E-state index in [1.807, 2.05) is 0 Å². The monoisotopic (exact) mass is 239 g/mol. The molecule has 0 unspecified atom stereocenters. The van der Waals surface area contributed by atoms with Gasteiger partial charge in [0.1, 0.15) is 11.5 Å². The van der Waals surface area contributed by atoms with Gasteiger partial charge in [-0.2, -0.15) is 0 Å². The summed E-state index contributed by atoms with van der Waals surface area (Å²) in [4.78, 5) is 11.6. The van der Waals surface area contributed by atoms with Gasteiger partial charge in [-0.25, -0.2) is 0 Å². The van der Waals surface area contributed by atoms with Crippen LogP contribution in [0.1, 0.15) is 10.4 Å². The Morgan fingerprint density at radius 2 is 2.29 bits per heavy atom. The first kappa shape index (κ1) is 12.6. The molecule has 5 N–H and O–H groups in total. The predicted molar refractivity (Wildman–Crippen MR) is 60.4 cm³/mol. The Labute approximate surface area is 97.5 Å². The molecule has 17 heavy (non-hydrogen) atoms. The summed E-state index contributed by atoms with van der Waals surface area (Å²) in [6.45, 7) is -0.110. The fourth-order valence-electron chi connectivity index (χ4n) is 1.13. The van der Waals surface area contributed by atoms with Gasteiger partial charge in [-0.15, -0.1) is 0 Å². The second-order valence-corrected chi connectivity index (χ2v) is 3.16. The smallest absolute Gasteiger partial charge is 0.255 e. The molecule has 0 fully saturated rings. The molecule has 0 aliphatic heterocycles. The van der Waals surface area contributed by atoms with Crippen molar-refractivity contribution in [2.45, 2.75) is 0 Å². The Hall–Kier alpha value is -2.44. The maximum Gasteiger partial charge on any atom is 0.255 e. The molecule has 0 atom stereocenters. The number of hydrogen-bond donors (Lipinski definition) is 4. The molecule has 1 aromatic carbocycles. The number of nitrogens with one attached hydrogen (secondary N) is 1. The van der Waals surface area contributed by atoms with Crippen LogP contribution in [0.15, 0.2) is 23.4 Å². The topological polar surface area (TPSA) is 117 Å². The summed E-state index contributed by atoms with van der Waals surface area (Å²) in [5.74, 6) is -0.431. The lowest BCUT2D eigenvalue weighted by Crippen LogP contribution is -2.33. The number of methoxy groups -OCH3 is 1. The number of amides is 1. The number of nitrogens with zero attached hydrogens (tertiary/aromatic N) is 1. The minimum atomic E-state index is -0.531.